The first-order chi connectivity index (χ1) is 13.0. The molecule has 27 heavy (non-hydrogen) atoms. The average molecular weight is 361 g/mol. The summed E-state index contributed by atoms with van der Waals surface area (Å²) in [4.78, 5) is 19.0. The number of amides is 1. The summed E-state index contributed by atoms with van der Waals surface area (Å²) in [7, 11) is 0. The number of rotatable bonds is 4. The molecule has 1 aromatic heterocycles. The van der Waals surface area contributed by atoms with E-state index < -0.39 is 0 Å². The molecule has 1 aliphatic rings. The monoisotopic (exact) mass is 361 g/mol. The molecule has 0 N–H and O–H groups in total. The molecule has 3 aromatic rings. The second kappa shape index (κ2) is 6.99. The summed E-state index contributed by atoms with van der Waals surface area (Å²) < 4.78 is 5.49. The molecule has 5 heteroatoms. The number of hydrogen-bond acceptors (Lipinski definition) is 4. The minimum Gasteiger partial charge on any atom is -0.339 e. The van der Waals surface area contributed by atoms with E-state index in [0.717, 1.165) is 11.3 Å². The van der Waals surface area contributed by atoms with Crippen LogP contribution in [-0.4, -0.2) is 22.6 Å². The van der Waals surface area contributed by atoms with Gasteiger partial charge < -0.3 is 9.42 Å². The highest BCUT2D eigenvalue weighted by Crippen LogP contribution is 2.33. The SMILES string of the molecule is Cc1ccc(-c2noc(C3CC(=O)N(c4cccc(C(C)C)c4)C3)n2)cc1. The van der Waals surface area contributed by atoms with Crippen LogP contribution in [0.3, 0.4) is 0 Å². The fourth-order valence-electron chi connectivity index (χ4n) is 3.40. The Morgan fingerprint density at radius 2 is 1.93 bits per heavy atom. The minimum absolute atomic E-state index is 0.0769. The van der Waals surface area contributed by atoms with Crippen molar-refractivity contribution in [2.75, 3.05) is 11.4 Å². The maximum Gasteiger partial charge on any atom is 0.232 e. The Bertz CT molecular complexity index is 960. The van der Waals surface area contributed by atoms with Gasteiger partial charge in [-0.15, -0.1) is 0 Å². The molecule has 1 aliphatic heterocycles. The van der Waals surface area contributed by atoms with Gasteiger partial charge in [-0.1, -0.05) is 61.0 Å². The first-order valence-corrected chi connectivity index (χ1v) is 9.32. The standard InChI is InChI=1S/C22H23N3O2/c1-14(2)17-5-4-6-19(11-17)25-13-18(12-20(25)26)22-23-21(24-27-22)16-9-7-15(3)8-10-16/h4-11,14,18H,12-13H2,1-3H3. The van der Waals surface area contributed by atoms with Crippen LogP contribution in [-0.2, 0) is 4.79 Å². The van der Waals surface area contributed by atoms with Gasteiger partial charge in [-0.05, 0) is 30.5 Å². The Labute approximate surface area is 159 Å². The molecule has 5 nitrogen and oxygen atoms in total. The van der Waals surface area contributed by atoms with E-state index in [1.165, 1.54) is 11.1 Å². The van der Waals surface area contributed by atoms with Gasteiger partial charge in [-0.3, -0.25) is 4.79 Å². The molecule has 1 unspecified atom stereocenters. The molecular weight excluding hydrogens is 338 g/mol. The van der Waals surface area contributed by atoms with Crippen molar-refractivity contribution in [2.45, 2.75) is 39.0 Å². The van der Waals surface area contributed by atoms with Gasteiger partial charge in [0.1, 0.15) is 0 Å². The van der Waals surface area contributed by atoms with Crippen LogP contribution >= 0.6 is 0 Å². The second-order valence-electron chi connectivity index (χ2n) is 7.48. The Hall–Kier alpha value is -2.95. The highest BCUT2D eigenvalue weighted by Gasteiger charge is 2.35. The molecule has 0 saturated carbocycles. The molecule has 4 rings (SSSR count). The van der Waals surface area contributed by atoms with E-state index in [0.29, 0.717) is 30.6 Å². The van der Waals surface area contributed by atoms with Crippen LogP contribution in [0, 0.1) is 6.92 Å². The van der Waals surface area contributed by atoms with E-state index in [1.54, 1.807) is 0 Å². The van der Waals surface area contributed by atoms with E-state index in [1.807, 2.05) is 48.2 Å². The maximum atomic E-state index is 12.6. The van der Waals surface area contributed by atoms with Crippen molar-refractivity contribution in [3.8, 4) is 11.4 Å². The lowest BCUT2D eigenvalue weighted by atomic mass is 10.0. The molecule has 1 saturated heterocycles. The average Bonchev–Trinajstić information content (AvgIpc) is 3.29. The number of benzene rings is 2. The van der Waals surface area contributed by atoms with Crippen LogP contribution in [0.4, 0.5) is 5.69 Å². The van der Waals surface area contributed by atoms with Gasteiger partial charge in [0.2, 0.25) is 17.6 Å². The lowest BCUT2D eigenvalue weighted by Crippen LogP contribution is -2.24. The lowest BCUT2D eigenvalue weighted by Gasteiger charge is -2.18. The minimum atomic E-state index is -0.0769. The molecule has 0 bridgehead atoms. The molecule has 138 valence electrons. The van der Waals surface area contributed by atoms with Crippen molar-refractivity contribution in [2.24, 2.45) is 0 Å². The highest BCUT2D eigenvalue weighted by molar-refractivity contribution is 5.96. The zero-order valence-electron chi connectivity index (χ0n) is 15.8. The zero-order chi connectivity index (χ0) is 19.0. The van der Waals surface area contributed by atoms with Crippen LogP contribution < -0.4 is 4.90 Å². The molecule has 2 aromatic carbocycles. The normalized spacial score (nSPS) is 17.1. The molecule has 2 heterocycles. The fourth-order valence-corrected chi connectivity index (χ4v) is 3.40. The van der Waals surface area contributed by atoms with Crippen LogP contribution in [0.1, 0.15) is 49.1 Å². The third kappa shape index (κ3) is 3.50. The number of carbonyl (C=O) groups is 1. The van der Waals surface area contributed by atoms with Crippen LogP contribution in [0.15, 0.2) is 53.1 Å². The third-order valence-corrected chi connectivity index (χ3v) is 5.07. The molecule has 1 fully saturated rings. The summed E-state index contributed by atoms with van der Waals surface area (Å²) in [5.74, 6) is 1.54. The first kappa shape index (κ1) is 17.5. The first-order valence-electron chi connectivity index (χ1n) is 9.32. The predicted octanol–water partition coefficient (Wildman–Crippen LogP) is 4.69. The Kier molecular flexibility index (Phi) is 4.52. The van der Waals surface area contributed by atoms with E-state index in [4.69, 9.17) is 4.52 Å². The summed E-state index contributed by atoms with van der Waals surface area (Å²) >= 11 is 0. The van der Waals surface area contributed by atoms with Gasteiger partial charge in [-0.25, -0.2) is 0 Å². The molecule has 0 aliphatic carbocycles. The van der Waals surface area contributed by atoms with Crippen LogP contribution in [0.25, 0.3) is 11.4 Å². The molecule has 0 radical (unpaired) electrons. The van der Waals surface area contributed by atoms with Gasteiger partial charge in [0.15, 0.2) is 0 Å². The number of aromatic nitrogens is 2. The second-order valence-corrected chi connectivity index (χ2v) is 7.48. The maximum absolute atomic E-state index is 12.6. The van der Waals surface area contributed by atoms with E-state index in [2.05, 4.69) is 36.1 Å². The molecule has 0 spiro atoms. The Morgan fingerprint density at radius 3 is 2.67 bits per heavy atom. The fraction of sp³-hybridized carbons (Fsp3) is 0.318. The van der Waals surface area contributed by atoms with E-state index in [9.17, 15) is 4.79 Å². The largest absolute Gasteiger partial charge is 0.339 e. The number of hydrogen-bond donors (Lipinski definition) is 0. The van der Waals surface area contributed by atoms with Gasteiger partial charge in [0, 0.05) is 24.2 Å². The predicted molar refractivity (Wildman–Crippen MR) is 105 cm³/mol. The Balaban J connectivity index is 1.54. The third-order valence-electron chi connectivity index (χ3n) is 5.07. The molecule has 1 amide bonds. The lowest BCUT2D eigenvalue weighted by molar-refractivity contribution is -0.117. The van der Waals surface area contributed by atoms with Crippen LogP contribution in [0.2, 0.25) is 0 Å². The summed E-state index contributed by atoms with van der Waals surface area (Å²) in [5.41, 5.74) is 4.26. The van der Waals surface area contributed by atoms with Crippen molar-refractivity contribution in [3.63, 3.8) is 0 Å². The van der Waals surface area contributed by atoms with Crippen molar-refractivity contribution in [3.05, 3.63) is 65.5 Å². The summed E-state index contributed by atoms with van der Waals surface area (Å²) in [6, 6.07) is 16.2. The zero-order valence-corrected chi connectivity index (χ0v) is 15.8. The van der Waals surface area contributed by atoms with E-state index >= 15 is 0 Å². The van der Waals surface area contributed by atoms with Gasteiger partial charge in [0.05, 0.1) is 5.92 Å². The van der Waals surface area contributed by atoms with Gasteiger partial charge in [0.25, 0.3) is 0 Å². The number of carbonyl (C=O) groups excluding carboxylic acids is 1. The Morgan fingerprint density at radius 1 is 1.15 bits per heavy atom. The van der Waals surface area contributed by atoms with Crippen molar-refractivity contribution in [1.29, 1.82) is 0 Å². The topological polar surface area (TPSA) is 59.2 Å². The van der Waals surface area contributed by atoms with E-state index in [-0.39, 0.29) is 11.8 Å². The molecule has 1 atom stereocenters. The van der Waals surface area contributed by atoms with Crippen LogP contribution in [0.5, 0.6) is 0 Å². The van der Waals surface area contributed by atoms with Gasteiger partial charge >= 0.3 is 0 Å². The quantitative estimate of drug-likeness (QED) is 0.676. The number of anilines is 1. The highest BCUT2D eigenvalue weighted by atomic mass is 16.5. The smallest absolute Gasteiger partial charge is 0.232 e. The molecular formula is C22H23N3O2. The number of nitrogens with zero attached hydrogens (tertiary/aromatic N) is 3. The van der Waals surface area contributed by atoms with Crippen molar-refractivity contribution >= 4 is 11.6 Å². The summed E-state index contributed by atoms with van der Waals surface area (Å²) in [5, 5.41) is 4.10. The summed E-state index contributed by atoms with van der Waals surface area (Å²) in [6.45, 7) is 6.91. The number of aryl methyl sites for hydroxylation is 1. The van der Waals surface area contributed by atoms with Crippen molar-refractivity contribution in [1.82, 2.24) is 10.1 Å². The summed E-state index contributed by atoms with van der Waals surface area (Å²) in [6.07, 6.45) is 0.390. The van der Waals surface area contributed by atoms with Gasteiger partial charge in [-0.2, -0.15) is 4.98 Å². The van der Waals surface area contributed by atoms with Crippen molar-refractivity contribution < 1.29 is 9.32 Å².